The fourth-order valence-corrected chi connectivity index (χ4v) is 2.63. The van der Waals surface area contributed by atoms with E-state index >= 15 is 0 Å². The first kappa shape index (κ1) is 10.4. The molecule has 0 radical (unpaired) electrons. The molecule has 0 fully saturated rings. The van der Waals surface area contributed by atoms with E-state index in [1.54, 1.807) is 0 Å². The molecule has 0 saturated heterocycles. The van der Waals surface area contributed by atoms with Gasteiger partial charge >= 0.3 is 0 Å². The number of hydrogen-bond donors (Lipinski definition) is 0. The summed E-state index contributed by atoms with van der Waals surface area (Å²) in [5.74, 6) is 0. The molecule has 1 heteroatoms. The van der Waals surface area contributed by atoms with Gasteiger partial charge in [-0.15, -0.1) is 8.58 Å². The molecular weight excluding hydrogens is 139 g/mol. The molecule has 10 heavy (non-hydrogen) atoms. The van der Waals surface area contributed by atoms with E-state index < -0.39 is 0 Å². The molecule has 0 nitrogen and oxygen atoms in total. The molecule has 62 valence electrons. The topological polar surface area (TPSA) is 0 Å². The largest absolute Gasteiger partial charge is 0.119 e. The molecule has 0 N–H and O–H groups in total. The van der Waals surface area contributed by atoms with Gasteiger partial charge in [-0.3, -0.25) is 0 Å². The number of hydrogen-bond acceptors (Lipinski definition) is 0. The van der Waals surface area contributed by atoms with E-state index in [9.17, 15) is 0 Å². The summed E-state index contributed by atoms with van der Waals surface area (Å²) >= 11 is 0. The van der Waals surface area contributed by atoms with Crippen LogP contribution in [0.4, 0.5) is 0 Å². The lowest BCUT2D eigenvalue weighted by atomic mass is 10.2. The lowest BCUT2D eigenvalue weighted by Crippen LogP contribution is -1.98. The monoisotopic (exact) mass is 160 g/mol. The Morgan fingerprint density at radius 1 is 1.10 bits per heavy atom. The van der Waals surface area contributed by atoms with Crippen LogP contribution in [0, 0.1) is 0 Å². The first-order valence-corrected chi connectivity index (χ1v) is 5.86. The predicted molar refractivity (Wildman–Crippen MR) is 52.5 cm³/mol. The third-order valence-corrected chi connectivity index (χ3v) is 3.88. The summed E-state index contributed by atoms with van der Waals surface area (Å²) in [5, 5.41) is 0. The quantitative estimate of drug-likeness (QED) is 0.520. The summed E-state index contributed by atoms with van der Waals surface area (Å²) < 4.78 is 0. The average molecular weight is 160 g/mol. The fraction of sp³-hybridized carbons (Fsp3) is 1.00. The zero-order valence-electron chi connectivity index (χ0n) is 7.61. The van der Waals surface area contributed by atoms with E-state index in [0.717, 1.165) is 5.66 Å². The van der Waals surface area contributed by atoms with Gasteiger partial charge < -0.3 is 0 Å². The molecule has 0 aromatic rings. The molecule has 0 aromatic carbocycles. The van der Waals surface area contributed by atoms with E-state index in [2.05, 4.69) is 20.8 Å². The highest BCUT2D eigenvalue weighted by molar-refractivity contribution is 7.38. The highest BCUT2D eigenvalue weighted by atomic mass is 31.1. The molecule has 0 spiro atoms. The van der Waals surface area contributed by atoms with E-state index in [4.69, 9.17) is 0 Å². The van der Waals surface area contributed by atoms with Crippen LogP contribution in [0.1, 0.15) is 46.5 Å². The molecule has 0 amide bonds. The molecule has 0 aliphatic heterocycles. The Balaban J connectivity index is 3.21. The maximum absolute atomic E-state index is 2.32. The molecule has 2 atom stereocenters. The van der Waals surface area contributed by atoms with Crippen molar-refractivity contribution in [2.75, 3.05) is 6.16 Å². The molecule has 0 aromatic heterocycles. The van der Waals surface area contributed by atoms with Gasteiger partial charge in [-0.2, -0.15) is 0 Å². The summed E-state index contributed by atoms with van der Waals surface area (Å²) in [7, 11) is 1.23. The molecular formula is C9H21P. The Labute approximate surface area is 67.6 Å². The first-order valence-electron chi connectivity index (χ1n) is 4.58. The molecule has 2 unspecified atom stereocenters. The van der Waals surface area contributed by atoms with Crippen molar-refractivity contribution < 1.29 is 0 Å². The van der Waals surface area contributed by atoms with E-state index in [1.165, 1.54) is 40.4 Å². The van der Waals surface area contributed by atoms with Crippen LogP contribution < -0.4 is 0 Å². The van der Waals surface area contributed by atoms with Crippen LogP contribution in [0.15, 0.2) is 0 Å². The predicted octanol–water partition coefficient (Wildman–Crippen LogP) is 3.65. The standard InChI is InChI=1S/C9H21P/c1-4-7-9(6-3)10-8-5-2/h9-10H,4-8H2,1-3H3. The second-order valence-electron chi connectivity index (χ2n) is 2.85. The minimum absolute atomic E-state index is 1.05. The SMILES string of the molecule is CCCPC(CC)CCC. The van der Waals surface area contributed by atoms with Crippen LogP contribution in [-0.4, -0.2) is 11.8 Å². The average Bonchev–Trinajstić information content (AvgIpc) is 1.98. The zero-order chi connectivity index (χ0) is 7.82. The maximum atomic E-state index is 2.32. The van der Waals surface area contributed by atoms with Crippen molar-refractivity contribution in [3.63, 3.8) is 0 Å². The molecule has 0 aliphatic rings. The summed E-state index contributed by atoms with van der Waals surface area (Å²) in [5.41, 5.74) is 1.05. The summed E-state index contributed by atoms with van der Waals surface area (Å²) in [6, 6.07) is 0. The van der Waals surface area contributed by atoms with Crippen LogP contribution in [0.3, 0.4) is 0 Å². The van der Waals surface area contributed by atoms with Gasteiger partial charge in [-0.25, -0.2) is 0 Å². The van der Waals surface area contributed by atoms with Crippen LogP contribution in [0.25, 0.3) is 0 Å². The minimum atomic E-state index is 1.05. The third kappa shape index (κ3) is 5.23. The molecule has 0 saturated carbocycles. The Hall–Kier alpha value is 0.430. The van der Waals surface area contributed by atoms with Crippen molar-refractivity contribution in [3.05, 3.63) is 0 Å². The Kier molecular flexibility index (Phi) is 7.86. The van der Waals surface area contributed by atoms with Crippen molar-refractivity contribution in [3.8, 4) is 0 Å². The number of rotatable bonds is 6. The van der Waals surface area contributed by atoms with Crippen LogP contribution >= 0.6 is 8.58 Å². The van der Waals surface area contributed by atoms with E-state index in [0.29, 0.717) is 0 Å². The summed E-state index contributed by atoms with van der Waals surface area (Å²) in [6.07, 6.45) is 7.05. The van der Waals surface area contributed by atoms with Gasteiger partial charge in [0.15, 0.2) is 0 Å². The minimum Gasteiger partial charge on any atom is -0.119 e. The van der Waals surface area contributed by atoms with Crippen LogP contribution in [0.5, 0.6) is 0 Å². The van der Waals surface area contributed by atoms with Crippen molar-refractivity contribution >= 4 is 8.58 Å². The molecule has 0 rings (SSSR count). The summed E-state index contributed by atoms with van der Waals surface area (Å²) in [4.78, 5) is 0. The lowest BCUT2D eigenvalue weighted by molar-refractivity contribution is 0.713. The van der Waals surface area contributed by atoms with Crippen molar-refractivity contribution in [2.45, 2.75) is 52.1 Å². The third-order valence-electron chi connectivity index (χ3n) is 1.81. The second kappa shape index (κ2) is 7.54. The van der Waals surface area contributed by atoms with Gasteiger partial charge in [0.2, 0.25) is 0 Å². The van der Waals surface area contributed by atoms with Gasteiger partial charge in [0.25, 0.3) is 0 Å². The molecule has 0 aliphatic carbocycles. The highest BCUT2D eigenvalue weighted by Crippen LogP contribution is 2.26. The summed E-state index contributed by atoms with van der Waals surface area (Å²) in [6.45, 7) is 6.90. The van der Waals surface area contributed by atoms with Gasteiger partial charge in [0.1, 0.15) is 0 Å². The Bertz CT molecular complexity index is 61.7. The second-order valence-corrected chi connectivity index (χ2v) is 4.57. The smallest absolute Gasteiger partial charge is 0.0239 e. The van der Waals surface area contributed by atoms with Crippen LogP contribution in [-0.2, 0) is 0 Å². The Morgan fingerprint density at radius 2 is 1.80 bits per heavy atom. The van der Waals surface area contributed by atoms with Gasteiger partial charge in [0, 0.05) is 0 Å². The van der Waals surface area contributed by atoms with Crippen molar-refractivity contribution in [1.82, 2.24) is 0 Å². The van der Waals surface area contributed by atoms with Gasteiger partial charge in [0.05, 0.1) is 0 Å². The van der Waals surface area contributed by atoms with E-state index in [1.807, 2.05) is 0 Å². The van der Waals surface area contributed by atoms with E-state index in [-0.39, 0.29) is 0 Å². The fourth-order valence-electron chi connectivity index (χ4n) is 1.15. The molecule has 0 bridgehead atoms. The maximum Gasteiger partial charge on any atom is -0.0239 e. The first-order chi connectivity index (χ1) is 4.85. The van der Waals surface area contributed by atoms with Gasteiger partial charge in [-0.05, 0) is 24.7 Å². The van der Waals surface area contributed by atoms with Crippen molar-refractivity contribution in [2.24, 2.45) is 0 Å². The molecule has 0 heterocycles. The van der Waals surface area contributed by atoms with Crippen LogP contribution in [0.2, 0.25) is 0 Å². The van der Waals surface area contributed by atoms with Crippen molar-refractivity contribution in [1.29, 1.82) is 0 Å². The normalized spacial score (nSPS) is 14.7. The lowest BCUT2D eigenvalue weighted by Gasteiger charge is -2.12. The Morgan fingerprint density at radius 3 is 2.20 bits per heavy atom. The zero-order valence-corrected chi connectivity index (χ0v) is 8.61. The van der Waals surface area contributed by atoms with Gasteiger partial charge in [-0.1, -0.05) is 33.6 Å². The highest BCUT2D eigenvalue weighted by Gasteiger charge is 2.02.